The topological polar surface area (TPSA) is 91.3 Å². The lowest BCUT2D eigenvalue weighted by Gasteiger charge is -2.32. The van der Waals surface area contributed by atoms with Gasteiger partial charge >= 0.3 is 0 Å². The first-order valence-electron chi connectivity index (χ1n) is 10.5. The van der Waals surface area contributed by atoms with Crippen molar-refractivity contribution in [3.63, 3.8) is 0 Å². The lowest BCUT2D eigenvalue weighted by atomic mass is 10.0. The van der Waals surface area contributed by atoms with Gasteiger partial charge < -0.3 is 15.5 Å². The molecule has 1 fully saturated rings. The van der Waals surface area contributed by atoms with Gasteiger partial charge in [0.05, 0.1) is 38.3 Å². The summed E-state index contributed by atoms with van der Waals surface area (Å²) >= 11 is 0. The second-order valence-corrected chi connectivity index (χ2v) is 8.35. The molecule has 0 bridgehead atoms. The van der Waals surface area contributed by atoms with Gasteiger partial charge in [0.2, 0.25) is 5.91 Å². The lowest BCUT2D eigenvalue weighted by Crippen LogP contribution is -3.19. The van der Waals surface area contributed by atoms with Gasteiger partial charge in [0, 0.05) is 5.69 Å². The van der Waals surface area contributed by atoms with E-state index in [0.29, 0.717) is 19.0 Å². The van der Waals surface area contributed by atoms with Crippen molar-refractivity contribution < 1.29 is 14.5 Å². The highest BCUT2D eigenvalue weighted by Crippen LogP contribution is 2.21. The van der Waals surface area contributed by atoms with Gasteiger partial charge in [-0.05, 0) is 43.6 Å². The molecule has 27 heavy (non-hydrogen) atoms. The van der Waals surface area contributed by atoms with E-state index in [-0.39, 0.29) is 24.3 Å². The summed E-state index contributed by atoms with van der Waals surface area (Å²) < 4.78 is 0. The Bertz CT molecular complexity index is 655. The highest BCUT2D eigenvalue weighted by Gasteiger charge is 2.35. The summed E-state index contributed by atoms with van der Waals surface area (Å²) in [7, 11) is 0. The van der Waals surface area contributed by atoms with Crippen molar-refractivity contribution in [3.05, 3.63) is 17.0 Å². The Balaban J connectivity index is 1.54. The maximum absolute atomic E-state index is 12.5. The number of quaternary nitrogens is 1. The average molecular weight is 377 g/mol. The van der Waals surface area contributed by atoms with Crippen molar-refractivity contribution >= 4 is 11.8 Å². The van der Waals surface area contributed by atoms with Crippen molar-refractivity contribution in [2.75, 3.05) is 19.6 Å². The first kappa shape index (κ1) is 19.9. The zero-order chi connectivity index (χ0) is 19.2. The number of H-pyrrole nitrogens is 1. The number of amides is 2. The molecular weight excluding hydrogens is 342 g/mol. The van der Waals surface area contributed by atoms with Crippen LogP contribution in [0.4, 0.5) is 0 Å². The van der Waals surface area contributed by atoms with E-state index < -0.39 is 0 Å². The lowest BCUT2D eigenvalue weighted by molar-refractivity contribution is -0.917. The molecule has 0 aromatic carbocycles. The van der Waals surface area contributed by atoms with Crippen molar-refractivity contribution in [2.45, 2.75) is 71.4 Å². The summed E-state index contributed by atoms with van der Waals surface area (Å²) in [6.07, 6.45) is 7.03. The van der Waals surface area contributed by atoms with Crippen LogP contribution < -0.4 is 15.5 Å². The van der Waals surface area contributed by atoms with Gasteiger partial charge in [-0.25, -0.2) is 0 Å². The van der Waals surface area contributed by atoms with Gasteiger partial charge in [-0.1, -0.05) is 20.3 Å². The normalized spacial score (nSPS) is 22.9. The van der Waals surface area contributed by atoms with Crippen LogP contribution in [-0.4, -0.2) is 47.7 Å². The van der Waals surface area contributed by atoms with Crippen molar-refractivity contribution in [1.82, 2.24) is 20.8 Å². The van der Waals surface area contributed by atoms with E-state index in [2.05, 4.69) is 34.7 Å². The zero-order valence-electron chi connectivity index (χ0n) is 16.7. The predicted octanol–water partition coefficient (Wildman–Crippen LogP) is 0.114. The third-order valence-corrected chi connectivity index (χ3v) is 5.83. The second kappa shape index (κ2) is 9.35. The molecule has 3 rings (SSSR count). The smallest absolute Gasteiger partial charge is 0.279 e. The Morgan fingerprint density at radius 2 is 2.11 bits per heavy atom. The molecule has 0 spiro atoms. The van der Waals surface area contributed by atoms with Crippen LogP contribution in [0.5, 0.6) is 0 Å². The van der Waals surface area contributed by atoms with Crippen LogP contribution in [0, 0.1) is 5.92 Å². The SMILES string of the molecule is CC(C)CC[NH+]1CCNC(=O)C1CC(=O)NCc1n[nH]c2c1CCCCC2. The highest BCUT2D eigenvalue weighted by atomic mass is 16.2. The molecule has 1 aliphatic carbocycles. The number of aromatic amines is 1. The van der Waals surface area contributed by atoms with E-state index in [1.807, 2.05) is 0 Å². The van der Waals surface area contributed by atoms with E-state index in [9.17, 15) is 9.59 Å². The Kier molecular flexibility index (Phi) is 6.88. The van der Waals surface area contributed by atoms with Crippen molar-refractivity contribution in [2.24, 2.45) is 5.92 Å². The minimum atomic E-state index is -0.284. The van der Waals surface area contributed by atoms with Crippen LogP contribution in [0.2, 0.25) is 0 Å². The molecule has 2 heterocycles. The first-order valence-corrected chi connectivity index (χ1v) is 10.5. The van der Waals surface area contributed by atoms with Gasteiger partial charge in [-0.2, -0.15) is 5.10 Å². The number of nitrogens with one attached hydrogen (secondary N) is 4. The molecular formula is C20H34N5O2+. The number of rotatable bonds is 7. The molecule has 2 amide bonds. The summed E-state index contributed by atoms with van der Waals surface area (Å²) in [4.78, 5) is 26.1. The third kappa shape index (κ3) is 5.31. The summed E-state index contributed by atoms with van der Waals surface area (Å²) in [6.45, 7) is 7.36. The molecule has 0 saturated carbocycles. The molecule has 4 N–H and O–H groups in total. The summed E-state index contributed by atoms with van der Waals surface area (Å²) in [5, 5.41) is 13.5. The fourth-order valence-corrected chi connectivity index (χ4v) is 4.15. The van der Waals surface area contributed by atoms with Gasteiger partial charge in [-0.15, -0.1) is 0 Å². The van der Waals surface area contributed by atoms with E-state index in [1.165, 1.54) is 35.4 Å². The van der Waals surface area contributed by atoms with Crippen LogP contribution >= 0.6 is 0 Å². The quantitative estimate of drug-likeness (QED) is 0.509. The average Bonchev–Trinajstić information content (AvgIpc) is 2.86. The number of hydrogen-bond acceptors (Lipinski definition) is 3. The number of fused-ring (bicyclic) bond motifs is 1. The van der Waals surface area contributed by atoms with Crippen molar-refractivity contribution in [1.29, 1.82) is 0 Å². The fraction of sp³-hybridized carbons (Fsp3) is 0.750. The number of nitrogens with zero attached hydrogens (tertiary/aromatic N) is 1. The molecule has 0 radical (unpaired) electrons. The maximum atomic E-state index is 12.5. The van der Waals surface area contributed by atoms with E-state index in [1.54, 1.807) is 0 Å². The largest absolute Gasteiger partial charge is 0.350 e. The number of aromatic nitrogens is 2. The zero-order valence-corrected chi connectivity index (χ0v) is 16.7. The molecule has 7 heteroatoms. The van der Waals surface area contributed by atoms with E-state index >= 15 is 0 Å². The van der Waals surface area contributed by atoms with Crippen LogP contribution in [0.1, 0.15) is 62.9 Å². The molecule has 1 aliphatic heterocycles. The van der Waals surface area contributed by atoms with Gasteiger partial charge in [0.15, 0.2) is 6.04 Å². The van der Waals surface area contributed by atoms with E-state index in [4.69, 9.17) is 0 Å². The molecule has 1 saturated heterocycles. The number of carbonyl (C=O) groups is 2. The summed E-state index contributed by atoms with van der Waals surface area (Å²) in [6, 6.07) is -0.284. The van der Waals surface area contributed by atoms with Gasteiger partial charge in [0.25, 0.3) is 5.91 Å². The molecule has 1 aromatic heterocycles. The Morgan fingerprint density at radius 1 is 1.30 bits per heavy atom. The van der Waals surface area contributed by atoms with Crippen LogP contribution in [0.25, 0.3) is 0 Å². The molecule has 150 valence electrons. The minimum absolute atomic E-state index is 0.00351. The molecule has 1 aromatic rings. The Labute approximate surface area is 161 Å². The van der Waals surface area contributed by atoms with Gasteiger partial charge in [0.1, 0.15) is 0 Å². The molecule has 2 aliphatic rings. The molecule has 2 atom stereocenters. The molecule has 7 nitrogen and oxygen atoms in total. The monoisotopic (exact) mass is 376 g/mol. The maximum Gasteiger partial charge on any atom is 0.279 e. The van der Waals surface area contributed by atoms with Crippen LogP contribution in [0.3, 0.4) is 0 Å². The first-order chi connectivity index (χ1) is 13.0. The third-order valence-electron chi connectivity index (χ3n) is 5.83. The highest BCUT2D eigenvalue weighted by molar-refractivity contribution is 5.87. The minimum Gasteiger partial charge on any atom is -0.350 e. The molecule has 2 unspecified atom stereocenters. The van der Waals surface area contributed by atoms with Gasteiger partial charge in [-0.3, -0.25) is 14.7 Å². The number of carbonyl (C=O) groups excluding carboxylic acids is 2. The summed E-state index contributed by atoms with van der Waals surface area (Å²) in [5.41, 5.74) is 3.47. The second-order valence-electron chi connectivity index (χ2n) is 8.35. The van der Waals surface area contributed by atoms with Crippen LogP contribution in [0.15, 0.2) is 0 Å². The predicted molar refractivity (Wildman–Crippen MR) is 103 cm³/mol. The Hall–Kier alpha value is -1.89. The standard InChI is InChI=1S/C20H33N5O2/c1-14(2)8-10-25-11-9-21-20(27)18(25)12-19(26)22-13-17-15-6-4-3-5-7-16(15)23-24-17/h14,18H,3-13H2,1-2H3,(H,21,27)(H,22,26)(H,23,24)/p+1. The fourth-order valence-electron chi connectivity index (χ4n) is 4.15. The van der Waals surface area contributed by atoms with Crippen molar-refractivity contribution in [3.8, 4) is 0 Å². The van der Waals surface area contributed by atoms with E-state index in [0.717, 1.165) is 38.0 Å². The Morgan fingerprint density at radius 3 is 2.93 bits per heavy atom. The number of piperazine rings is 1. The number of aryl methyl sites for hydroxylation is 1. The summed E-state index contributed by atoms with van der Waals surface area (Å²) in [5.74, 6) is 0.542. The van der Waals surface area contributed by atoms with Crippen LogP contribution in [-0.2, 0) is 29.0 Å². The number of hydrogen-bond donors (Lipinski definition) is 4.